The maximum Gasteiger partial charge on any atom is 0.262 e. The first kappa shape index (κ1) is 20.6. The number of carbonyl (C=O) groups excluding carboxylic acids is 1. The van der Waals surface area contributed by atoms with E-state index in [2.05, 4.69) is 4.72 Å². The lowest BCUT2D eigenvalue weighted by atomic mass is 10.1. The van der Waals surface area contributed by atoms with Gasteiger partial charge in [-0.2, -0.15) is 0 Å². The summed E-state index contributed by atoms with van der Waals surface area (Å²) in [5, 5.41) is 6.05. The van der Waals surface area contributed by atoms with Crippen molar-refractivity contribution in [1.82, 2.24) is 0 Å². The zero-order valence-corrected chi connectivity index (χ0v) is 18.0. The van der Waals surface area contributed by atoms with Crippen molar-refractivity contribution in [3.8, 4) is 0 Å². The lowest BCUT2D eigenvalue weighted by Crippen LogP contribution is -2.25. The van der Waals surface area contributed by atoms with Crippen molar-refractivity contribution < 1.29 is 21.6 Å². The molecule has 4 rings (SSSR count). The Morgan fingerprint density at radius 2 is 1.80 bits per heavy atom. The lowest BCUT2D eigenvalue weighted by molar-refractivity contribution is 0.0994. The molecule has 0 radical (unpaired) electrons. The van der Waals surface area contributed by atoms with E-state index in [1.807, 2.05) is 6.92 Å². The van der Waals surface area contributed by atoms with Gasteiger partial charge in [-0.05, 0) is 43.3 Å². The van der Waals surface area contributed by atoms with Crippen LogP contribution in [0.3, 0.4) is 0 Å². The molecule has 0 aromatic heterocycles. The number of rotatable bonds is 5. The number of halogens is 1. The van der Waals surface area contributed by atoms with Gasteiger partial charge in [0.05, 0.1) is 26.2 Å². The summed E-state index contributed by atoms with van der Waals surface area (Å²) in [7, 11) is -8.22. The van der Waals surface area contributed by atoms with Crippen LogP contribution in [0.2, 0.25) is 5.02 Å². The minimum Gasteiger partial charge on any atom is -0.308 e. The summed E-state index contributed by atoms with van der Waals surface area (Å²) < 4.78 is 51.8. The second-order valence-electron chi connectivity index (χ2n) is 6.65. The van der Waals surface area contributed by atoms with Crippen molar-refractivity contribution in [3.63, 3.8) is 0 Å². The summed E-state index contributed by atoms with van der Waals surface area (Å²) in [6.07, 6.45) is 0. The number of sulfonamides is 2. The van der Waals surface area contributed by atoms with E-state index in [-0.39, 0.29) is 26.4 Å². The molecule has 0 bridgehead atoms. The molecule has 156 valence electrons. The Labute approximate surface area is 178 Å². The fraction of sp³-hybridized carbons (Fsp3) is 0.105. The van der Waals surface area contributed by atoms with Crippen LogP contribution in [0, 0.1) is 0 Å². The number of primary sulfonamides is 1. The summed E-state index contributed by atoms with van der Waals surface area (Å²) >= 11 is 6.06. The highest BCUT2D eigenvalue weighted by molar-refractivity contribution is 7.93. The van der Waals surface area contributed by atoms with Gasteiger partial charge in [0.1, 0.15) is 0 Å². The Hall–Kier alpha value is -2.66. The van der Waals surface area contributed by atoms with Crippen LogP contribution in [0.25, 0.3) is 10.8 Å². The Kier molecular flexibility index (Phi) is 4.77. The standard InChI is InChI=1S/C19H16ClN3O5S2/c1-2-23-16-8-9-17(12-4-3-5-13(18(12)16)19(23)24)30(27,28)22-15-10-11(29(21,25)26)6-7-14(15)20/h3-10,22H,2H2,1H3,(H2,21,25,26). The van der Waals surface area contributed by atoms with Crippen LogP contribution in [-0.4, -0.2) is 29.3 Å². The van der Waals surface area contributed by atoms with E-state index in [4.69, 9.17) is 16.7 Å². The zero-order valence-electron chi connectivity index (χ0n) is 15.6. The van der Waals surface area contributed by atoms with Crippen LogP contribution in [0.4, 0.5) is 11.4 Å². The Balaban J connectivity index is 1.87. The highest BCUT2D eigenvalue weighted by Crippen LogP contribution is 2.40. The molecular weight excluding hydrogens is 450 g/mol. The third-order valence-electron chi connectivity index (χ3n) is 4.86. The van der Waals surface area contributed by atoms with Crippen LogP contribution in [0.5, 0.6) is 0 Å². The van der Waals surface area contributed by atoms with E-state index in [0.717, 1.165) is 6.07 Å². The molecule has 1 aliphatic rings. The molecule has 0 spiro atoms. The Morgan fingerprint density at radius 3 is 2.47 bits per heavy atom. The molecule has 8 nitrogen and oxygen atoms in total. The van der Waals surface area contributed by atoms with Gasteiger partial charge in [0.2, 0.25) is 10.0 Å². The Morgan fingerprint density at radius 1 is 1.07 bits per heavy atom. The van der Waals surface area contributed by atoms with Crippen LogP contribution in [0.1, 0.15) is 17.3 Å². The highest BCUT2D eigenvalue weighted by atomic mass is 35.5. The van der Waals surface area contributed by atoms with E-state index in [9.17, 15) is 21.6 Å². The summed E-state index contributed by atoms with van der Waals surface area (Å²) in [6, 6.07) is 11.3. The van der Waals surface area contributed by atoms with Gasteiger partial charge in [-0.3, -0.25) is 9.52 Å². The van der Waals surface area contributed by atoms with Gasteiger partial charge in [0.25, 0.3) is 15.9 Å². The fourth-order valence-electron chi connectivity index (χ4n) is 3.53. The average molecular weight is 466 g/mol. The molecule has 0 atom stereocenters. The largest absolute Gasteiger partial charge is 0.308 e. The summed E-state index contributed by atoms with van der Waals surface area (Å²) in [4.78, 5) is 13.8. The third-order valence-corrected chi connectivity index (χ3v) is 7.53. The van der Waals surface area contributed by atoms with Crippen molar-refractivity contribution in [3.05, 3.63) is 59.1 Å². The minimum absolute atomic E-state index is 0.00393. The van der Waals surface area contributed by atoms with E-state index in [1.54, 1.807) is 29.2 Å². The number of nitrogens with zero attached hydrogens (tertiary/aromatic N) is 1. The number of hydrogen-bond acceptors (Lipinski definition) is 5. The summed E-state index contributed by atoms with van der Waals surface area (Å²) in [6.45, 7) is 2.28. The number of amides is 1. The number of nitrogens with two attached hydrogens (primary N) is 1. The molecule has 0 fully saturated rings. The highest BCUT2D eigenvalue weighted by Gasteiger charge is 2.31. The monoisotopic (exact) mass is 465 g/mol. The molecule has 3 aromatic rings. The number of carbonyl (C=O) groups is 1. The number of anilines is 2. The van der Waals surface area contributed by atoms with Crippen molar-refractivity contribution in [2.24, 2.45) is 5.14 Å². The molecule has 30 heavy (non-hydrogen) atoms. The van der Waals surface area contributed by atoms with Crippen molar-refractivity contribution >= 4 is 59.7 Å². The van der Waals surface area contributed by atoms with Gasteiger partial charge < -0.3 is 4.90 Å². The predicted octanol–water partition coefficient (Wildman–Crippen LogP) is 2.92. The van der Waals surface area contributed by atoms with E-state index < -0.39 is 20.0 Å². The van der Waals surface area contributed by atoms with Crippen LogP contribution >= 0.6 is 11.6 Å². The first-order chi connectivity index (χ1) is 14.0. The number of nitrogens with one attached hydrogen (secondary N) is 1. The maximum absolute atomic E-state index is 13.2. The van der Waals surface area contributed by atoms with E-state index in [0.29, 0.717) is 28.6 Å². The predicted molar refractivity (Wildman–Crippen MR) is 115 cm³/mol. The van der Waals surface area contributed by atoms with Crippen molar-refractivity contribution in [2.75, 3.05) is 16.2 Å². The van der Waals surface area contributed by atoms with Crippen LogP contribution < -0.4 is 14.8 Å². The molecule has 0 unspecified atom stereocenters. The Bertz CT molecular complexity index is 1440. The zero-order chi connectivity index (χ0) is 21.8. The van der Waals surface area contributed by atoms with Crippen molar-refractivity contribution in [1.29, 1.82) is 0 Å². The second kappa shape index (κ2) is 6.95. The molecule has 1 aliphatic heterocycles. The van der Waals surface area contributed by atoms with Crippen molar-refractivity contribution in [2.45, 2.75) is 16.7 Å². The first-order valence-electron chi connectivity index (χ1n) is 8.77. The fourth-order valence-corrected chi connectivity index (χ4v) is 5.56. The quantitative estimate of drug-likeness (QED) is 0.599. The first-order valence-corrected chi connectivity index (χ1v) is 12.2. The molecular formula is C19H16ClN3O5S2. The smallest absolute Gasteiger partial charge is 0.262 e. The van der Waals surface area contributed by atoms with Gasteiger partial charge in [-0.25, -0.2) is 22.0 Å². The summed E-state index contributed by atoms with van der Waals surface area (Å²) in [5.41, 5.74) is 0.940. The molecule has 3 N–H and O–H groups in total. The number of hydrogen-bond donors (Lipinski definition) is 2. The number of benzene rings is 3. The summed E-state index contributed by atoms with van der Waals surface area (Å²) in [5.74, 6) is -0.190. The van der Waals surface area contributed by atoms with Gasteiger partial charge in [-0.15, -0.1) is 0 Å². The SMILES string of the molecule is CCN1C(=O)c2cccc3c(S(=O)(=O)Nc4cc(S(N)(=O)=O)ccc4Cl)ccc1c23. The second-order valence-corrected chi connectivity index (χ2v) is 10.3. The van der Waals surface area contributed by atoms with Gasteiger partial charge in [-0.1, -0.05) is 23.7 Å². The average Bonchev–Trinajstić information content (AvgIpc) is 2.95. The third kappa shape index (κ3) is 3.21. The van der Waals surface area contributed by atoms with Gasteiger partial charge in [0, 0.05) is 22.9 Å². The molecule has 0 saturated carbocycles. The maximum atomic E-state index is 13.2. The van der Waals surface area contributed by atoms with Crippen LogP contribution in [0.15, 0.2) is 58.3 Å². The molecule has 0 aliphatic carbocycles. The topological polar surface area (TPSA) is 127 Å². The van der Waals surface area contributed by atoms with E-state index >= 15 is 0 Å². The van der Waals surface area contributed by atoms with Gasteiger partial charge in [0.15, 0.2) is 0 Å². The molecule has 11 heteroatoms. The lowest BCUT2D eigenvalue weighted by Gasteiger charge is -2.16. The van der Waals surface area contributed by atoms with Crippen LogP contribution in [-0.2, 0) is 20.0 Å². The molecule has 3 aromatic carbocycles. The van der Waals surface area contributed by atoms with Gasteiger partial charge >= 0.3 is 0 Å². The minimum atomic E-state index is -4.17. The van der Waals surface area contributed by atoms with E-state index in [1.165, 1.54) is 18.2 Å². The molecule has 1 heterocycles. The molecule has 0 saturated heterocycles. The normalized spacial score (nSPS) is 13.8. The molecule has 1 amide bonds.